The third-order valence-corrected chi connectivity index (χ3v) is 4.88. The lowest BCUT2D eigenvalue weighted by Crippen LogP contribution is -2.19. The molecule has 12 heavy (non-hydrogen) atoms. The van der Waals surface area contributed by atoms with E-state index < -0.39 is 0 Å². The molecular weight excluding hydrogens is 146 g/mol. The fraction of sp³-hybridized carbons (Fsp3) is 1.00. The highest BCUT2D eigenvalue weighted by atomic mass is 15.1. The van der Waals surface area contributed by atoms with Gasteiger partial charge in [0.1, 0.15) is 0 Å². The predicted octanol–water partition coefficient (Wildman–Crippen LogP) is 1.84. The van der Waals surface area contributed by atoms with Crippen LogP contribution in [-0.4, -0.2) is 25.0 Å². The van der Waals surface area contributed by atoms with E-state index in [4.69, 9.17) is 0 Å². The van der Waals surface area contributed by atoms with Crippen molar-refractivity contribution in [2.24, 2.45) is 29.6 Å². The third-order valence-electron chi connectivity index (χ3n) is 4.88. The van der Waals surface area contributed by atoms with Crippen LogP contribution >= 0.6 is 0 Å². The molecule has 3 fully saturated rings. The van der Waals surface area contributed by atoms with Crippen LogP contribution in [0.2, 0.25) is 0 Å². The van der Waals surface area contributed by atoms with E-state index in [1.165, 1.54) is 13.1 Å². The topological polar surface area (TPSA) is 3.24 Å². The van der Waals surface area contributed by atoms with Gasteiger partial charge in [-0.3, -0.25) is 0 Å². The third kappa shape index (κ3) is 0.736. The molecule has 0 radical (unpaired) electrons. The summed E-state index contributed by atoms with van der Waals surface area (Å²) >= 11 is 0. The van der Waals surface area contributed by atoms with Gasteiger partial charge in [-0.1, -0.05) is 6.92 Å². The Balaban J connectivity index is 1.89. The van der Waals surface area contributed by atoms with Crippen LogP contribution in [0.4, 0.5) is 0 Å². The molecule has 1 aliphatic heterocycles. The SMILES string of the molecule is CC1C2CCC1C1CN(C)CC21. The van der Waals surface area contributed by atoms with Crippen molar-refractivity contribution in [3.05, 3.63) is 0 Å². The van der Waals surface area contributed by atoms with E-state index in [0.717, 1.165) is 29.6 Å². The molecule has 0 aromatic carbocycles. The van der Waals surface area contributed by atoms with Gasteiger partial charge in [0.25, 0.3) is 0 Å². The number of rotatable bonds is 0. The number of fused-ring (bicyclic) bond motifs is 5. The zero-order chi connectivity index (χ0) is 8.29. The van der Waals surface area contributed by atoms with E-state index in [9.17, 15) is 0 Å². The fourth-order valence-corrected chi connectivity index (χ4v) is 4.41. The second-order valence-electron chi connectivity index (χ2n) is 5.31. The minimum Gasteiger partial charge on any atom is -0.306 e. The molecule has 3 rings (SSSR count). The maximum atomic E-state index is 2.55. The molecule has 1 saturated heterocycles. The van der Waals surface area contributed by atoms with Gasteiger partial charge in [0.15, 0.2) is 0 Å². The standard InChI is InChI=1S/C11H19N/c1-7-8-3-4-9(7)11-6-12(2)5-10(8)11/h7-11H,3-6H2,1-2H3. The summed E-state index contributed by atoms with van der Waals surface area (Å²) < 4.78 is 0. The molecule has 1 heterocycles. The summed E-state index contributed by atoms with van der Waals surface area (Å²) in [5.41, 5.74) is 0. The van der Waals surface area contributed by atoms with Crippen molar-refractivity contribution in [2.75, 3.05) is 20.1 Å². The molecule has 0 N–H and O–H groups in total. The molecule has 2 bridgehead atoms. The van der Waals surface area contributed by atoms with E-state index in [-0.39, 0.29) is 0 Å². The second kappa shape index (κ2) is 2.25. The van der Waals surface area contributed by atoms with Crippen molar-refractivity contribution < 1.29 is 0 Å². The summed E-state index contributed by atoms with van der Waals surface area (Å²) in [5, 5.41) is 0. The zero-order valence-electron chi connectivity index (χ0n) is 8.16. The largest absolute Gasteiger partial charge is 0.306 e. The normalized spacial score (nSPS) is 58.0. The summed E-state index contributed by atoms with van der Waals surface area (Å²) in [5.74, 6) is 5.44. The molecule has 2 saturated carbocycles. The Morgan fingerprint density at radius 1 is 0.917 bits per heavy atom. The Kier molecular flexibility index (Phi) is 1.39. The van der Waals surface area contributed by atoms with Gasteiger partial charge in [-0.25, -0.2) is 0 Å². The highest BCUT2D eigenvalue weighted by Crippen LogP contribution is 2.58. The van der Waals surface area contributed by atoms with Crippen molar-refractivity contribution in [3.63, 3.8) is 0 Å². The van der Waals surface area contributed by atoms with Gasteiger partial charge in [-0.05, 0) is 49.5 Å². The molecule has 4 atom stereocenters. The van der Waals surface area contributed by atoms with Crippen LogP contribution in [-0.2, 0) is 0 Å². The number of likely N-dealkylation sites (tertiary alicyclic amines) is 1. The van der Waals surface area contributed by atoms with Gasteiger partial charge in [0.2, 0.25) is 0 Å². The molecule has 0 aromatic rings. The summed E-state index contributed by atoms with van der Waals surface area (Å²) in [6.07, 6.45) is 3.08. The van der Waals surface area contributed by atoms with Gasteiger partial charge in [0, 0.05) is 13.1 Å². The van der Waals surface area contributed by atoms with Crippen LogP contribution in [0.3, 0.4) is 0 Å². The minimum atomic E-state index is 1.06. The number of nitrogens with zero attached hydrogens (tertiary/aromatic N) is 1. The van der Waals surface area contributed by atoms with Gasteiger partial charge in [-0.2, -0.15) is 0 Å². The van der Waals surface area contributed by atoms with Crippen molar-refractivity contribution in [1.29, 1.82) is 0 Å². The van der Waals surface area contributed by atoms with E-state index in [0.29, 0.717) is 0 Å². The van der Waals surface area contributed by atoms with Crippen LogP contribution in [0.1, 0.15) is 19.8 Å². The van der Waals surface area contributed by atoms with E-state index in [1.807, 2.05) is 0 Å². The van der Waals surface area contributed by atoms with Crippen molar-refractivity contribution in [3.8, 4) is 0 Å². The molecule has 0 spiro atoms. The summed E-state index contributed by atoms with van der Waals surface area (Å²) in [7, 11) is 2.29. The first-order valence-electron chi connectivity index (χ1n) is 5.46. The van der Waals surface area contributed by atoms with E-state index in [2.05, 4.69) is 18.9 Å². The van der Waals surface area contributed by atoms with Gasteiger partial charge >= 0.3 is 0 Å². The smallest absolute Gasteiger partial charge is 0.00127 e. The Morgan fingerprint density at radius 3 is 1.92 bits per heavy atom. The van der Waals surface area contributed by atoms with Crippen LogP contribution < -0.4 is 0 Å². The second-order valence-corrected chi connectivity index (χ2v) is 5.31. The number of hydrogen-bond donors (Lipinski definition) is 0. The molecule has 0 amide bonds. The van der Waals surface area contributed by atoms with Crippen molar-refractivity contribution in [2.45, 2.75) is 19.8 Å². The monoisotopic (exact) mass is 165 g/mol. The van der Waals surface area contributed by atoms with Gasteiger partial charge in [-0.15, -0.1) is 0 Å². The summed E-state index contributed by atoms with van der Waals surface area (Å²) in [6, 6.07) is 0. The molecule has 1 nitrogen and oxygen atoms in total. The Bertz CT molecular complexity index is 181. The van der Waals surface area contributed by atoms with Crippen molar-refractivity contribution in [1.82, 2.24) is 4.90 Å². The fourth-order valence-electron chi connectivity index (χ4n) is 4.41. The molecule has 1 heteroatoms. The summed E-state index contributed by atoms with van der Waals surface area (Å²) in [6.45, 7) is 5.30. The number of hydrogen-bond acceptors (Lipinski definition) is 1. The van der Waals surface area contributed by atoms with Crippen LogP contribution in [0.5, 0.6) is 0 Å². The first kappa shape index (κ1) is 7.37. The van der Waals surface area contributed by atoms with Crippen molar-refractivity contribution >= 4 is 0 Å². The summed E-state index contributed by atoms with van der Waals surface area (Å²) in [4.78, 5) is 2.55. The van der Waals surface area contributed by atoms with Crippen LogP contribution in [0, 0.1) is 29.6 Å². The lowest BCUT2D eigenvalue weighted by Gasteiger charge is -2.22. The maximum absolute atomic E-state index is 2.55. The van der Waals surface area contributed by atoms with Crippen LogP contribution in [0.25, 0.3) is 0 Å². The highest BCUT2D eigenvalue weighted by Gasteiger charge is 2.54. The minimum absolute atomic E-state index is 1.06. The Labute approximate surface area is 75.1 Å². The zero-order valence-corrected chi connectivity index (χ0v) is 8.16. The molecule has 0 aromatic heterocycles. The van der Waals surface area contributed by atoms with Gasteiger partial charge in [0.05, 0.1) is 0 Å². The first-order chi connectivity index (χ1) is 5.77. The molecular formula is C11H19N. The molecule has 4 unspecified atom stereocenters. The molecule has 3 aliphatic rings. The van der Waals surface area contributed by atoms with E-state index >= 15 is 0 Å². The lowest BCUT2D eigenvalue weighted by molar-refractivity contribution is 0.281. The van der Waals surface area contributed by atoms with E-state index in [1.54, 1.807) is 12.8 Å². The molecule has 68 valence electrons. The average Bonchev–Trinajstić information content (AvgIpc) is 2.60. The quantitative estimate of drug-likeness (QED) is 0.529. The Hall–Kier alpha value is -0.0400. The Morgan fingerprint density at radius 2 is 1.42 bits per heavy atom. The lowest BCUT2D eigenvalue weighted by atomic mass is 9.82. The maximum Gasteiger partial charge on any atom is 0.00127 e. The molecule has 2 aliphatic carbocycles. The average molecular weight is 165 g/mol. The first-order valence-corrected chi connectivity index (χ1v) is 5.46. The van der Waals surface area contributed by atoms with Crippen LogP contribution in [0.15, 0.2) is 0 Å². The predicted molar refractivity (Wildman–Crippen MR) is 49.9 cm³/mol. The van der Waals surface area contributed by atoms with Gasteiger partial charge < -0.3 is 4.90 Å². The highest BCUT2D eigenvalue weighted by molar-refractivity contribution is 5.04.